The number of halogens is 3. The zero-order valence-electron chi connectivity index (χ0n) is 10.4. The van der Waals surface area contributed by atoms with Crippen LogP contribution in [0, 0.1) is 6.92 Å². The van der Waals surface area contributed by atoms with Crippen LogP contribution in [0.5, 0.6) is 0 Å². The van der Waals surface area contributed by atoms with E-state index >= 15 is 0 Å². The Balaban J connectivity index is 2.27. The molecule has 1 heterocycles. The third kappa shape index (κ3) is 2.93. The first kappa shape index (κ1) is 14.4. The molecule has 0 saturated heterocycles. The number of nitrogens with one attached hydrogen (secondary N) is 1. The van der Waals surface area contributed by atoms with Crippen molar-refractivity contribution in [2.75, 3.05) is 11.1 Å². The number of rotatable bonds is 2. The lowest BCUT2D eigenvalue weighted by atomic mass is 10.1. The molecule has 0 bridgehead atoms. The summed E-state index contributed by atoms with van der Waals surface area (Å²) in [7, 11) is 0. The zero-order valence-corrected chi connectivity index (χ0v) is 11.2. The van der Waals surface area contributed by atoms with E-state index in [1.165, 1.54) is 17.4 Å². The third-order valence-corrected chi connectivity index (χ3v) is 3.70. The standard InChI is InChI=1S/C13H11F3N2OS/c1-7-4-5-20-11(7)12(19)18-8-2-3-10(17)9(6-8)13(14,15)16/h2-6H,17H2,1H3,(H,18,19). The Kier molecular flexibility index (Phi) is 3.71. The van der Waals surface area contributed by atoms with Gasteiger partial charge in [-0.25, -0.2) is 0 Å². The molecule has 0 fully saturated rings. The summed E-state index contributed by atoms with van der Waals surface area (Å²) in [5.74, 6) is -0.435. The van der Waals surface area contributed by atoms with Gasteiger partial charge in [-0.2, -0.15) is 13.2 Å². The minimum atomic E-state index is -4.55. The number of hydrogen-bond donors (Lipinski definition) is 2. The highest BCUT2D eigenvalue weighted by atomic mass is 32.1. The van der Waals surface area contributed by atoms with E-state index in [4.69, 9.17) is 5.73 Å². The fraction of sp³-hybridized carbons (Fsp3) is 0.154. The van der Waals surface area contributed by atoms with Crippen molar-refractivity contribution in [3.63, 3.8) is 0 Å². The van der Waals surface area contributed by atoms with Gasteiger partial charge in [0.25, 0.3) is 5.91 Å². The molecule has 0 unspecified atom stereocenters. The van der Waals surface area contributed by atoms with Crippen LogP contribution in [-0.2, 0) is 6.18 Å². The molecule has 0 aliphatic carbocycles. The van der Waals surface area contributed by atoms with E-state index in [9.17, 15) is 18.0 Å². The second-order valence-corrected chi connectivity index (χ2v) is 5.10. The fourth-order valence-electron chi connectivity index (χ4n) is 1.67. The highest BCUT2D eigenvalue weighted by Gasteiger charge is 2.33. The van der Waals surface area contributed by atoms with Crippen LogP contribution in [0.3, 0.4) is 0 Å². The highest BCUT2D eigenvalue weighted by Crippen LogP contribution is 2.35. The van der Waals surface area contributed by atoms with Crippen LogP contribution in [0.25, 0.3) is 0 Å². The van der Waals surface area contributed by atoms with Crippen LogP contribution < -0.4 is 11.1 Å². The normalized spacial score (nSPS) is 11.4. The van der Waals surface area contributed by atoms with Crippen molar-refractivity contribution in [3.8, 4) is 0 Å². The topological polar surface area (TPSA) is 55.1 Å². The van der Waals surface area contributed by atoms with Gasteiger partial charge in [0, 0.05) is 11.4 Å². The molecular formula is C13H11F3N2OS. The number of anilines is 2. The predicted octanol–water partition coefficient (Wildman–Crippen LogP) is 3.91. The molecule has 1 amide bonds. The van der Waals surface area contributed by atoms with Gasteiger partial charge in [0.05, 0.1) is 10.4 Å². The SMILES string of the molecule is Cc1ccsc1C(=O)Nc1ccc(N)c(C(F)(F)F)c1. The Morgan fingerprint density at radius 3 is 2.55 bits per heavy atom. The fourth-order valence-corrected chi connectivity index (χ4v) is 2.49. The molecule has 0 spiro atoms. The average molecular weight is 300 g/mol. The number of carbonyl (C=O) groups is 1. The number of alkyl halides is 3. The first-order valence-corrected chi connectivity index (χ1v) is 6.49. The van der Waals surface area contributed by atoms with Crippen molar-refractivity contribution in [2.45, 2.75) is 13.1 Å². The van der Waals surface area contributed by atoms with Crippen molar-refractivity contribution < 1.29 is 18.0 Å². The van der Waals surface area contributed by atoms with Crippen LogP contribution in [0.4, 0.5) is 24.5 Å². The summed E-state index contributed by atoms with van der Waals surface area (Å²) in [4.78, 5) is 12.4. The summed E-state index contributed by atoms with van der Waals surface area (Å²) in [5, 5.41) is 4.19. The quantitative estimate of drug-likeness (QED) is 0.826. The number of carbonyl (C=O) groups excluding carboxylic acids is 1. The number of hydrogen-bond acceptors (Lipinski definition) is 3. The smallest absolute Gasteiger partial charge is 0.398 e. The maximum atomic E-state index is 12.7. The van der Waals surface area contributed by atoms with Gasteiger partial charge >= 0.3 is 6.18 Å². The van der Waals surface area contributed by atoms with Gasteiger partial charge in [-0.15, -0.1) is 11.3 Å². The molecular weight excluding hydrogens is 289 g/mol. The van der Waals surface area contributed by atoms with Gasteiger partial charge in [0.1, 0.15) is 0 Å². The van der Waals surface area contributed by atoms with Crippen LogP contribution in [0.15, 0.2) is 29.6 Å². The van der Waals surface area contributed by atoms with Gasteiger partial charge in [0.2, 0.25) is 0 Å². The summed E-state index contributed by atoms with van der Waals surface area (Å²) in [6, 6.07) is 5.06. The molecule has 3 N–H and O–H groups in total. The van der Waals surface area contributed by atoms with Gasteiger partial charge in [-0.05, 0) is 42.1 Å². The minimum absolute atomic E-state index is 0.0596. The molecule has 1 aromatic heterocycles. The first-order chi connectivity index (χ1) is 9.29. The Labute approximate surface area is 117 Å². The van der Waals surface area contributed by atoms with Crippen molar-refractivity contribution in [1.82, 2.24) is 0 Å². The van der Waals surface area contributed by atoms with E-state index in [1.807, 2.05) is 0 Å². The van der Waals surface area contributed by atoms with E-state index in [2.05, 4.69) is 5.32 Å². The molecule has 0 aliphatic rings. The molecule has 0 aliphatic heterocycles. The Hall–Kier alpha value is -2.02. The molecule has 106 valence electrons. The largest absolute Gasteiger partial charge is 0.418 e. The van der Waals surface area contributed by atoms with Crippen molar-refractivity contribution in [2.24, 2.45) is 0 Å². The number of amides is 1. The summed E-state index contributed by atoms with van der Waals surface area (Å²) in [6.45, 7) is 1.76. The molecule has 3 nitrogen and oxygen atoms in total. The number of benzene rings is 1. The monoisotopic (exact) mass is 300 g/mol. The lowest BCUT2D eigenvalue weighted by Gasteiger charge is -2.12. The molecule has 7 heteroatoms. The molecule has 0 saturated carbocycles. The van der Waals surface area contributed by atoms with Crippen LogP contribution in [0.2, 0.25) is 0 Å². The summed E-state index contributed by atoms with van der Waals surface area (Å²) in [5.41, 5.74) is 4.80. The van der Waals surface area contributed by atoms with Crippen molar-refractivity contribution >= 4 is 28.6 Å². The number of aryl methyl sites for hydroxylation is 1. The molecule has 2 rings (SSSR count). The van der Waals surface area contributed by atoms with Gasteiger partial charge in [-0.1, -0.05) is 0 Å². The minimum Gasteiger partial charge on any atom is -0.398 e. The van der Waals surface area contributed by atoms with Crippen molar-refractivity contribution in [1.29, 1.82) is 0 Å². The maximum absolute atomic E-state index is 12.7. The van der Waals surface area contributed by atoms with Crippen LogP contribution in [-0.4, -0.2) is 5.91 Å². The van der Waals surface area contributed by atoms with E-state index in [-0.39, 0.29) is 11.4 Å². The van der Waals surface area contributed by atoms with Gasteiger partial charge in [0.15, 0.2) is 0 Å². The lowest BCUT2D eigenvalue weighted by molar-refractivity contribution is -0.136. The number of nitrogen functional groups attached to an aromatic ring is 1. The van der Waals surface area contributed by atoms with Gasteiger partial charge in [-0.3, -0.25) is 4.79 Å². The Bertz CT molecular complexity index is 649. The lowest BCUT2D eigenvalue weighted by Crippen LogP contribution is -2.14. The van der Waals surface area contributed by atoms with Crippen LogP contribution >= 0.6 is 11.3 Å². The highest BCUT2D eigenvalue weighted by molar-refractivity contribution is 7.12. The van der Waals surface area contributed by atoms with Crippen LogP contribution in [0.1, 0.15) is 20.8 Å². The number of nitrogens with two attached hydrogens (primary N) is 1. The third-order valence-electron chi connectivity index (χ3n) is 2.68. The van der Waals surface area contributed by atoms with E-state index in [0.717, 1.165) is 17.7 Å². The summed E-state index contributed by atoms with van der Waals surface area (Å²) in [6.07, 6.45) is -4.55. The second-order valence-electron chi connectivity index (χ2n) is 4.19. The molecule has 2 aromatic rings. The first-order valence-electron chi connectivity index (χ1n) is 5.61. The van der Waals surface area contributed by atoms with E-state index in [0.29, 0.717) is 4.88 Å². The van der Waals surface area contributed by atoms with E-state index in [1.54, 1.807) is 18.4 Å². The van der Waals surface area contributed by atoms with Gasteiger partial charge < -0.3 is 11.1 Å². The molecule has 0 atom stereocenters. The molecule has 0 radical (unpaired) electrons. The second kappa shape index (κ2) is 5.16. The molecule has 1 aromatic carbocycles. The predicted molar refractivity (Wildman–Crippen MR) is 72.9 cm³/mol. The average Bonchev–Trinajstić information content (AvgIpc) is 2.76. The van der Waals surface area contributed by atoms with Crippen molar-refractivity contribution in [3.05, 3.63) is 45.6 Å². The summed E-state index contributed by atoms with van der Waals surface area (Å²) >= 11 is 1.23. The molecule has 20 heavy (non-hydrogen) atoms. The van der Waals surface area contributed by atoms with E-state index < -0.39 is 17.6 Å². The number of thiophene rings is 1. The Morgan fingerprint density at radius 2 is 2.00 bits per heavy atom. The summed E-state index contributed by atoms with van der Waals surface area (Å²) < 4.78 is 38.1. The Morgan fingerprint density at radius 1 is 1.30 bits per heavy atom. The zero-order chi connectivity index (χ0) is 14.9. The maximum Gasteiger partial charge on any atom is 0.418 e.